The van der Waals surface area contributed by atoms with Crippen molar-refractivity contribution in [2.75, 3.05) is 7.11 Å². The molecule has 0 spiro atoms. The molecule has 6 heteroatoms. The molecule has 3 rings (SSSR count). The minimum atomic E-state index is -1.18. The molecule has 1 amide bonds. The molecule has 3 N–H and O–H groups in total. The fourth-order valence-electron chi connectivity index (χ4n) is 2.70. The van der Waals surface area contributed by atoms with Crippen LogP contribution in [0.3, 0.4) is 0 Å². The Morgan fingerprint density at radius 2 is 2.00 bits per heavy atom. The zero-order chi connectivity index (χ0) is 16.4. The molecule has 0 radical (unpaired) electrons. The van der Waals surface area contributed by atoms with E-state index in [2.05, 4.69) is 10.3 Å². The van der Waals surface area contributed by atoms with E-state index in [1.807, 2.05) is 0 Å². The highest BCUT2D eigenvalue weighted by Crippen LogP contribution is 2.35. The second kappa shape index (κ2) is 5.72. The highest BCUT2D eigenvalue weighted by Gasteiger charge is 2.45. The molecule has 23 heavy (non-hydrogen) atoms. The van der Waals surface area contributed by atoms with E-state index in [9.17, 15) is 9.18 Å². The Morgan fingerprint density at radius 3 is 2.61 bits per heavy atom. The summed E-state index contributed by atoms with van der Waals surface area (Å²) in [6.45, 7) is 0. The number of nitrogens with zero attached hydrogens (tertiary/aromatic N) is 1. The lowest BCUT2D eigenvalue weighted by atomic mass is 9.84. The lowest BCUT2D eigenvalue weighted by molar-refractivity contribution is -0.124. The smallest absolute Gasteiger partial charge is 0.259 e. The number of guanidine groups is 1. The van der Waals surface area contributed by atoms with Crippen LogP contribution in [-0.2, 0) is 16.8 Å². The van der Waals surface area contributed by atoms with Crippen LogP contribution in [0.1, 0.15) is 11.1 Å². The van der Waals surface area contributed by atoms with Gasteiger partial charge in [0.1, 0.15) is 11.6 Å². The summed E-state index contributed by atoms with van der Waals surface area (Å²) < 4.78 is 18.3. The summed E-state index contributed by atoms with van der Waals surface area (Å²) in [5.41, 5.74) is 5.98. The Morgan fingerprint density at radius 1 is 1.26 bits per heavy atom. The molecule has 5 nitrogen and oxygen atoms in total. The molecule has 0 aliphatic carbocycles. The van der Waals surface area contributed by atoms with E-state index >= 15 is 0 Å². The summed E-state index contributed by atoms with van der Waals surface area (Å²) >= 11 is 0. The van der Waals surface area contributed by atoms with Crippen molar-refractivity contribution >= 4 is 11.9 Å². The number of carbonyl (C=O) groups excluding carboxylic acids is 1. The molecule has 0 bridgehead atoms. The lowest BCUT2D eigenvalue weighted by Crippen LogP contribution is -2.40. The number of benzene rings is 2. The van der Waals surface area contributed by atoms with Gasteiger partial charge in [-0.2, -0.15) is 0 Å². The third kappa shape index (κ3) is 2.75. The molecule has 2 aromatic carbocycles. The summed E-state index contributed by atoms with van der Waals surface area (Å²) in [4.78, 5) is 16.9. The molecule has 0 saturated heterocycles. The van der Waals surface area contributed by atoms with Crippen LogP contribution in [0.2, 0.25) is 0 Å². The van der Waals surface area contributed by atoms with Crippen molar-refractivity contribution in [3.8, 4) is 5.75 Å². The number of nitrogens with one attached hydrogen (secondary N) is 1. The lowest BCUT2D eigenvalue weighted by Gasteiger charge is -2.24. The number of carbonyl (C=O) groups is 1. The van der Waals surface area contributed by atoms with E-state index in [1.165, 1.54) is 12.1 Å². The molecular weight excluding hydrogens is 297 g/mol. The maximum atomic E-state index is 13.1. The highest BCUT2D eigenvalue weighted by molar-refractivity contribution is 6.07. The van der Waals surface area contributed by atoms with Crippen LogP contribution in [-0.4, -0.2) is 19.0 Å². The Bertz CT molecular complexity index is 774. The van der Waals surface area contributed by atoms with Gasteiger partial charge in [-0.15, -0.1) is 0 Å². The van der Waals surface area contributed by atoms with Crippen LogP contribution in [0.25, 0.3) is 0 Å². The molecule has 0 aromatic heterocycles. The Balaban J connectivity index is 2.08. The monoisotopic (exact) mass is 313 g/mol. The molecule has 1 aliphatic rings. The first-order chi connectivity index (χ1) is 11.0. The van der Waals surface area contributed by atoms with Crippen molar-refractivity contribution in [3.05, 3.63) is 65.5 Å². The third-order valence-electron chi connectivity index (χ3n) is 3.85. The normalized spacial score (nSPS) is 20.1. The predicted octanol–water partition coefficient (Wildman–Crippen LogP) is 1.72. The van der Waals surface area contributed by atoms with Crippen LogP contribution >= 0.6 is 0 Å². The number of halogens is 1. The van der Waals surface area contributed by atoms with Gasteiger partial charge in [0.2, 0.25) is 0 Å². The number of aliphatic imine (C=N–C) groups is 1. The maximum Gasteiger partial charge on any atom is 0.259 e. The summed E-state index contributed by atoms with van der Waals surface area (Å²) in [6, 6.07) is 13.1. The van der Waals surface area contributed by atoms with Gasteiger partial charge in [-0.3, -0.25) is 10.1 Å². The van der Waals surface area contributed by atoms with Crippen molar-refractivity contribution in [1.82, 2.24) is 5.32 Å². The summed E-state index contributed by atoms with van der Waals surface area (Å²) in [7, 11) is 1.55. The largest absolute Gasteiger partial charge is 0.497 e. The summed E-state index contributed by atoms with van der Waals surface area (Å²) in [5.74, 6) is 0.0463. The SMILES string of the molecule is COc1cccc([C@]2(Cc3ccc(F)cc3)N=C(N)NC2=O)c1. The summed E-state index contributed by atoms with van der Waals surface area (Å²) in [5, 5.41) is 2.55. The van der Waals surface area contributed by atoms with Gasteiger partial charge in [0.05, 0.1) is 7.11 Å². The Kier molecular flexibility index (Phi) is 3.73. The van der Waals surface area contributed by atoms with Crippen LogP contribution < -0.4 is 15.8 Å². The molecule has 0 fully saturated rings. The number of amides is 1. The van der Waals surface area contributed by atoms with Gasteiger partial charge < -0.3 is 10.5 Å². The van der Waals surface area contributed by atoms with Crippen LogP contribution in [0, 0.1) is 5.82 Å². The van der Waals surface area contributed by atoms with Gasteiger partial charge in [-0.1, -0.05) is 24.3 Å². The number of hydrogen-bond acceptors (Lipinski definition) is 4. The average molecular weight is 313 g/mol. The number of methoxy groups -OCH3 is 1. The van der Waals surface area contributed by atoms with E-state index < -0.39 is 5.54 Å². The Labute approximate surface area is 133 Å². The van der Waals surface area contributed by atoms with Gasteiger partial charge in [0, 0.05) is 6.42 Å². The second-order valence-corrected chi connectivity index (χ2v) is 5.35. The zero-order valence-corrected chi connectivity index (χ0v) is 12.5. The minimum absolute atomic E-state index is 0.0694. The number of hydrogen-bond donors (Lipinski definition) is 2. The fourth-order valence-corrected chi connectivity index (χ4v) is 2.70. The van der Waals surface area contributed by atoms with E-state index in [4.69, 9.17) is 10.5 Å². The van der Waals surface area contributed by atoms with Crippen molar-refractivity contribution in [3.63, 3.8) is 0 Å². The molecular formula is C17H16FN3O2. The molecule has 0 saturated carbocycles. The molecule has 118 valence electrons. The van der Waals surface area contributed by atoms with Crippen LogP contribution in [0.15, 0.2) is 53.5 Å². The second-order valence-electron chi connectivity index (χ2n) is 5.35. The van der Waals surface area contributed by atoms with Gasteiger partial charge in [0.25, 0.3) is 5.91 Å². The van der Waals surface area contributed by atoms with Gasteiger partial charge in [-0.05, 0) is 35.4 Å². The van der Waals surface area contributed by atoms with E-state index in [1.54, 1.807) is 43.5 Å². The number of rotatable bonds is 4. The van der Waals surface area contributed by atoms with Gasteiger partial charge in [0.15, 0.2) is 11.5 Å². The average Bonchev–Trinajstić information content (AvgIpc) is 2.84. The van der Waals surface area contributed by atoms with Crippen molar-refractivity contribution in [2.45, 2.75) is 12.0 Å². The summed E-state index contributed by atoms with van der Waals surface area (Å²) in [6.07, 6.45) is 0.271. The van der Waals surface area contributed by atoms with E-state index in [0.29, 0.717) is 11.3 Å². The molecule has 1 aliphatic heterocycles. The van der Waals surface area contributed by atoms with E-state index in [-0.39, 0.29) is 24.1 Å². The quantitative estimate of drug-likeness (QED) is 0.902. The first-order valence-electron chi connectivity index (χ1n) is 7.09. The number of nitrogens with two attached hydrogens (primary N) is 1. The molecule has 0 unspecified atom stereocenters. The molecule has 1 heterocycles. The van der Waals surface area contributed by atoms with Gasteiger partial charge in [-0.25, -0.2) is 9.38 Å². The number of ether oxygens (including phenoxy) is 1. The third-order valence-corrected chi connectivity index (χ3v) is 3.85. The fraction of sp³-hybridized carbons (Fsp3) is 0.176. The van der Waals surface area contributed by atoms with Crippen LogP contribution in [0.4, 0.5) is 4.39 Å². The topological polar surface area (TPSA) is 76.7 Å². The maximum absolute atomic E-state index is 13.1. The van der Waals surface area contributed by atoms with Crippen molar-refractivity contribution in [1.29, 1.82) is 0 Å². The van der Waals surface area contributed by atoms with Crippen LogP contribution in [0.5, 0.6) is 5.75 Å². The first-order valence-corrected chi connectivity index (χ1v) is 7.09. The minimum Gasteiger partial charge on any atom is -0.497 e. The molecule has 1 atom stereocenters. The standard InChI is InChI=1S/C17H16FN3O2/c1-23-14-4-2-3-12(9-14)17(15(22)20-16(19)21-17)10-11-5-7-13(18)8-6-11/h2-9H,10H2,1H3,(H3,19,20,21,22)/t17-/m0/s1. The zero-order valence-electron chi connectivity index (χ0n) is 12.5. The Hall–Kier alpha value is -2.89. The molecule has 2 aromatic rings. The predicted molar refractivity (Wildman–Crippen MR) is 84.5 cm³/mol. The van der Waals surface area contributed by atoms with E-state index in [0.717, 1.165) is 5.56 Å². The van der Waals surface area contributed by atoms with Crippen molar-refractivity contribution in [2.24, 2.45) is 10.7 Å². The highest BCUT2D eigenvalue weighted by atomic mass is 19.1. The van der Waals surface area contributed by atoms with Crippen molar-refractivity contribution < 1.29 is 13.9 Å². The van der Waals surface area contributed by atoms with Gasteiger partial charge >= 0.3 is 0 Å². The first kappa shape index (κ1) is 15.0.